The van der Waals surface area contributed by atoms with Gasteiger partial charge in [0.25, 0.3) is 5.91 Å². The fraction of sp³-hybridized carbons (Fsp3) is 0.625. The maximum atomic E-state index is 11.4. The highest BCUT2D eigenvalue weighted by molar-refractivity contribution is 8.00. The summed E-state index contributed by atoms with van der Waals surface area (Å²) < 4.78 is 0. The first kappa shape index (κ1) is 9.51. The van der Waals surface area contributed by atoms with Gasteiger partial charge in [-0.1, -0.05) is 0 Å². The van der Waals surface area contributed by atoms with Crippen LogP contribution in [0.25, 0.3) is 0 Å². The Morgan fingerprint density at radius 1 is 1.79 bits per heavy atom. The molecule has 0 aliphatic carbocycles. The third-order valence-electron chi connectivity index (χ3n) is 2.14. The highest BCUT2D eigenvalue weighted by Crippen LogP contribution is 2.25. The molecule has 2 N–H and O–H groups in total. The smallest absolute Gasteiger partial charge is 0.288 e. The molecule has 0 spiro atoms. The molecule has 1 aromatic heterocycles. The molecule has 1 amide bonds. The summed E-state index contributed by atoms with van der Waals surface area (Å²) in [5, 5.41) is 9.56. The summed E-state index contributed by atoms with van der Waals surface area (Å²) >= 11 is 1.92. The monoisotopic (exact) mass is 212 g/mol. The lowest BCUT2D eigenvalue weighted by atomic mass is 10.2. The molecule has 2 heterocycles. The average Bonchev–Trinajstić information content (AvgIpc) is 2.87. The number of nitrogens with zero attached hydrogens (tertiary/aromatic N) is 2. The molecule has 0 bridgehead atoms. The van der Waals surface area contributed by atoms with Crippen molar-refractivity contribution in [1.29, 1.82) is 0 Å². The van der Waals surface area contributed by atoms with Gasteiger partial charge in [0.2, 0.25) is 5.82 Å². The fourth-order valence-corrected chi connectivity index (χ4v) is 2.61. The summed E-state index contributed by atoms with van der Waals surface area (Å²) in [5.74, 6) is 1.33. The van der Waals surface area contributed by atoms with E-state index in [0.29, 0.717) is 5.25 Å². The van der Waals surface area contributed by atoms with E-state index in [1.54, 1.807) is 0 Å². The maximum Gasteiger partial charge on any atom is 0.288 e. The Bertz CT molecular complexity index is 294. The summed E-state index contributed by atoms with van der Waals surface area (Å²) in [7, 11) is 0. The lowest BCUT2D eigenvalue weighted by Crippen LogP contribution is -2.30. The fourth-order valence-electron chi connectivity index (χ4n) is 1.41. The van der Waals surface area contributed by atoms with Crippen LogP contribution in [0.5, 0.6) is 0 Å². The van der Waals surface area contributed by atoms with Crippen molar-refractivity contribution in [3.8, 4) is 0 Å². The van der Waals surface area contributed by atoms with Crippen molar-refractivity contribution >= 4 is 17.7 Å². The van der Waals surface area contributed by atoms with Gasteiger partial charge in [-0.15, -0.1) is 0 Å². The second-order valence-corrected chi connectivity index (χ2v) is 4.59. The first-order chi connectivity index (χ1) is 6.86. The largest absolute Gasteiger partial charge is 0.348 e. The van der Waals surface area contributed by atoms with Crippen molar-refractivity contribution in [2.45, 2.75) is 18.1 Å². The molecule has 0 saturated carbocycles. The van der Waals surface area contributed by atoms with Crippen LogP contribution in [0.15, 0.2) is 6.33 Å². The first-order valence-corrected chi connectivity index (χ1v) is 5.66. The van der Waals surface area contributed by atoms with Gasteiger partial charge in [0.1, 0.15) is 6.33 Å². The number of rotatable bonds is 3. The zero-order chi connectivity index (χ0) is 9.80. The van der Waals surface area contributed by atoms with E-state index >= 15 is 0 Å². The van der Waals surface area contributed by atoms with Crippen molar-refractivity contribution in [1.82, 2.24) is 20.5 Å². The summed E-state index contributed by atoms with van der Waals surface area (Å²) in [6, 6.07) is 0. The molecule has 76 valence electrons. The van der Waals surface area contributed by atoms with Crippen molar-refractivity contribution in [3.63, 3.8) is 0 Å². The van der Waals surface area contributed by atoms with Gasteiger partial charge in [-0.25, -0.2) is 4.98 Å². The molecule has 1 unspecified atom stereocenters. The zero-order valence-corrected chi connectivity index (χ0v) is 8.51. The SMILES string of the molecule is O=C(NCC1CCCS1)c1ncn[nH]1. The number of aromatic nitrogens is 3. The number of thioether (sulfide) groups is 1. The van der Waals surface area contributed by atoms with Gasteiger partial charge in [0.05, 0.1) is 0 Å². The molecule has 14 heavy (non-hydrogen) atoms. The molecule has 1 fully saturated rings. The molecule has 1 aromatic rings. The average molecular weight is 212 g/mol. The Labute approximate surface area is 86.1 Å². The summed E-state index contributed by atoms with van der Waals surface area (Å²) in [6.45, 7) is 0.726. The van der Waals surface area contributed by atoms with Crippen molar-refractivity contribution in [2.24, 2.45) is 0 Å². The molecule has 1 aliphatic heterocycles. The Morgan fingerprint density at radius 3 is 3.36 bits per heavy atom. The van der Waals surface area contributed by atoms with E-state index in [0.717, 1.165) is 6.54 Å². The predicted molar refractivity (Wildman–Crippen MR) is 54.2 cm³/mol. The van der Waals surface area contributed by atoms with E-state index in [1.165, 1.54) is 24.9 Å². The van der Waals surface area contributed by atoms with E-state index in [9.17, 15) is 4.79 Å². The lowest BCUT2D eigenvalue weighted by Gasteiger charge is -2.08. The number of hydrogen-bond acceptors (Lipinski definition) is 4. The van der Waals surface area contributed by atoms with Gasteiger partial charge < -0.3 is 5.32 Å². The predicted octanol–water partition coefficient (Wildman–Crippen LogP) is 0.430. The number of H-pyrrole nitrogens is 1. The van der Waals surface area contributed by atoms with E-state index in [4.69, 9.17) is 0 Å². The van der Waals surface area contributed by atoms with Crippen LogP contribution in [0.4, 0.5) is 0 Å². The number of carbonyl (C=O) groups is 1. The molecule has 1 atom stereocenters. The van der Waals surface area contributed by atoms with Gasteiger partial charge in [0.15, 0.2) is 0 Å². The standard InChI is InChI=1S/C8H12N4OS/c13-8(7-10-5-11-12-7)9-4-6-2-1-3-14-6/h5-6H,1-4H2,(H,9,13)(H,10,11,12). The second-order valence-electron chi connectivity index (χ2n) is 3.18. The van der Waals surface area contributed by atoms with Gasteiger partial charge >= 0.3 is 0 Å². The highest BCUT2D eigenvalue weighted by Gasteiger charge is 2.17. The van der Waals surface area contributed by atoms with Gasteiger partial charge in [0, 0.05) is 11.8 Å². The molecular weight excluding hydrogens is 200 g/mol. The van der Waals surface area contributed by atoms with Gasteiger partial charge in [-0.3, -0.25) is 9.89 Å². The summed E-state index contributed by atoms with van der Waals surface area (Å²) in [4.78, 5) is 15.2. The van der Waals surface area contributed by atoms with Crippen LogP contribution in [-0.4, -0.2) is 38.6 Å². The molecule has 2 rings (SSSR count). The van der Waals surface area contributed by atoms with Crippen LogP contribution in [0.3, 0.4) is 0 Å². The second kappa shape index (κ2) is 4.45. The molecular formula is C8H12N4OS. The van der Waals surface area contributed by atoms with E-state index in [1.807, 2.05) is 11.8 Å². The summed E-state index contributed by atoms with van der Waals surface area (Å²) in [5.41, 5.74) is 0. The third kappa shape index (κ3) is 2.25. The van der Waals surface area contributed by atoms with Crippen LogP contribution in [0.2, 0.25) is 0 Å². The minimum absolute atomic E-state index is 0.171. The van der Waals surface area contributed by atoms with Crippen LogP contribution in [-0.2, 0) is 0 Å². The lowest BCUT2D eigenvalue weighted by molar-refractivity contribution is 0.0944. The number of aromatic amines is 1. The highest BCUT2D eigenvalue weighted by atomic mass is 32.2. The molecule has 6 heteroatoms. The minimum atomic E-state index is -0.171. The number of carbonyl (C=O) groups excluding carboxylic acids is 1. The number of amides is 1. The Balaban J connectivity index is 1.78. The van der Waals surface area contributed by atoms with Crippen LogP contribution < -0.4 is 5.32 Å². The maximum absolute atomic E-state index is 11.4. The van der Waals surface area contributed by atoms with E-state index in [-0.39, 0.29) is 11.7 Å². The van der Waals surface area contributed by atoms with E-state index < -0.39 is 0 Å². The van der Waals surface area contributed by atoms with Gasteiger partial charge in [-0.05, 0) is 18.6 Å². The Morgan fingerprint density at radius 2 is 2.71 bits per heavy atom. The topological polar surface area (TPSA) is 70.7 Å². The molecule has 5 nitrogen and oxygen atoms in total. The molecule has 0 radical (unpaired) electrons. The molecule has 1 aliphatic rings. The van der Waals surface area contributed by atoms with Gasteiger partial charge in [-0.2, -0.15) is 16.9 Å². The Kier molecular flexibility index (Phi) is 3.03. The quantitative estimate of drug-likeness (QED) is 0.762. The minimum Gasteiger partial charge on any atom is -0.348 e. The molecule has 1 saturated heterocycles. The van der Waals surface area contributed by atoms with Crippen LogP contribution in [0.1, 0.15) is 23.5 Å². The number of nitrogens with one attached hydrogen (secondary N) is 2. The van der Waals surface area contributed by atoms with Crippen molar-refractivity contribution < 1.29 is 4.79 Å². The first-order valence-electron chi connectivity index (χ1n) is 4.61. The molecule has 0 aromatic carbocycles. The van der Waals surface area contributed by atoms with Crippen molar-refractivity contribution in [3.05, 3.63) is 12.2 Å². The third-order valence-corrected chi connectivity index (χ3v) is 3.54. The zero-order valence-electron chi connectivity index (χ0n) is 7.69. The normalized spacial score (nSPS) is 21.0. The summed E-state index contributed by atoms with van der Waals surface area (Å²) in [6.07, 6.45) is 3.79. The van der Waals surface area contributed by atoms with Crippen molar-refractivity contribution in [2.75, 3.05) is 12.3 Å². The van der Waals surface area contributed by atoms with Crippen LogP contribution in [0, 0.1) is 0 Å². The Hall–Kier alpha value is -1.04. The van der Waals surface area contributed by atoms with E-state index in [2.05, 4.69) is 20.5 Å². The number of hydrogen-bond donors (Lipinski definition) is 2. The van der Waals surface area contributed by atoms with Crippen LogP contribution >= 0.6 is 11.8 Å².